The molecule has 0 aliphatic carbocycles. The molecule has 27 heavy (non-hydrogen) atoms. The van der Waals surface area contributed by atoms with E-state index in [1.807, 2.05) is 42.6 Å². The van der Waals surface area contributed by atoms with E-state index in [0.717, 1.165) is 32.9 Å². The Morgan fingerprint density at radius 2 is 1.78 bits per heavy atom. The zero-order chi connectivity index (χ0) is 19.0. The van der Waals surface area contributed by atoms with Crippen LogP contribution in [0.2, 0.25) is 0 Å². The van der Waals surface area contributed by atoms with Crippen LogP contribution in [-0.4, -0.2) is 29.3 Å². The van der Waals surface area contributed by atoms with Gasteiger partial charge < -0.3 is 14.6 Å². The second-order valence-corrected chi connectivity index (χ2v) is 6.92. The summed E-state index contributed by atoms with van der Waals surface area (Å²) >= 11 is 1.55. The number of phenols is 1. The summed E-state index contributed by atoms with van der Waals surface area (Å²) < 4.78 is 10.6. The third-order valence-corrected chi connectivity index (χ3v) is 5.25. The van der Waals surface area contributed by atoms with Crippen molar-refractivity contribution in [3.05, 3.63) is 53.5 Å². The van der Waals surface area contributed by atoms with Gasteiger partial charge in [-0.1, -0.05) is 18.2 Å². The Hall–Kier alpha value is -3.12. The molecule has 0 atom stereocenters. The molecule has 2 aromatic heterocycles. The predicted molar refractivity (Wildman–Crippen MR) is 108 cm³/mol. The zero-order valence-electron chi connectivity index (χ0n) is 15.2. The van der Waals surface area contributed by atoms with E-state index < -0.39 is 0 Å². The first kappa shape index (κ1) is 17.3. The third kappa shape index (κ3) is 2.98. The summed E-state index contributed by atoms with van der Waals surface area (Å²) in [7, 11) is 3.02. The molecule has 6 heteroatoms. The number of rotatable bonds is 4. The highest BCUT2D eigenvalue weighted by Gasteiger charge is 2.18. The van der Waals surface area contributed by atoms with Crippen molar-refractivity contribution in [3.63, 3.8) is 0 Å². The number of hydrogen-bond acceptors (Lipinski definition) is 6. The van der Waals surface area contributed by atoms with Gasteiger partial charge in [-0.25, -0.2) is 4.98 Å². The number of thiazole rings is 1. The van der Waals surface area contributed by atoms with Gasteiger partial charge in [-0.15, -0.1) is 11.3 Å². The molecule has 4 aromatic rings. The van der Waals surface area contributed by atoms with E-state index in [-0.39, 0.29) is 5.75 Å². The number of fused-ring (bicyclic) bond motifs is 1. The maximum absolute atomic E-state index is 10.3. The monoisotopic (exact) mass is 378 g/mol. The fraction of sp³-hybridized carbons (Fsp3) is 0.143. The number of aromatic hydroxyl groups is 1. The van der Waals surface area contributed by atoms with E-state index in [0.29, 0.717) is 17.1 Å². The zero-order valence-corrected chi connectivity index (χ0v) is 16.0. The van der Waals surface area contributed by atoms with Crippen molar-refractivity contribution in [2.24, 2.45) is 0 Å². The Kier molecular flexibility index (Phi) is 4.41. The van der Waals surface area contributed by atoms with Gasteiger partial charge in [0.15, 0.2) is 11.5 Å². The van der Waals surface area contributed by atoms with E-state index >= 15 is 0 Å². The molecular weight excluding hydrogens is 360 g/mol. The largest absolute Gasteiger partial charge is 0.502 e. The summed E-state index contributed by atoms with van der Waals surface area (Å²) in [6.45, 7) is 1.98. The molecule has 0 saturated heterocycles. The minimum Gasteiger partial charge on any atom is -0.502 e. The quantitative estimate of drug-likeness (QED) is 0.538. The SMILES string of the molecule is COc1ccc(-c2csc(-c3cc(C)nc4ccccc34)n2)c(OC)c1O. The maximum atomic E-state index is 10.3. The lowest BCUT2D eigenvalue weighted by atomic mass is 10.1. The van der Waals surface area contributed by atoms with Crippen molar-refractivity contribution in [2.75, 3.05) is 14.2 Å². The molecule has 0 fully saturated rings. The fourth-order valence-electron chi connectivity index (χ4n) is 3.13. The molecule has 0 amide bonds. The molecule has 5 nitrogen and oxygen atoms in total. The van der Waals surface area contributed by atoms with Gasteiger partial charge in [0.25, 0.3) is 0 Å². The first-order chi connectivity index (χ1) is 13.1. The molecule has 0 radical (unpaired) electrons. The molecule has 0 unspecified atom stereocenters. The number of phenolic OH excluding ortho intramolecular Hbond substituents is 1. The topological polar surface area (TPSA) is 64.5 Å². The number of ether oxygens (including phenoxy) is 2. The third-order valence-electron chi connectivity index (χ3n) is 4.37. The minimum atomic E-state index is -0.0303. The number of pyridine rings is 1. The van der Waals surface area contributed by atoms with Crippen LogP contribution in [0.25, 0.3) is 32.7 Å². The summed E-state index contributed by atoms with van der Waals surface area (Å²) in [6.07, 6.45) is 0. The van der Waals surface area contributed by atoms with Crippen LogP contribution >= 0.6 is 11.3 Å². The lowest BCUT2D eigenvalue weighted by molar-refractivity contribution is 0.341. The molecule has 136 valence electrons. The number of para-hydroxylation sites is 1. The lowest BCUT2D eigenvalue weighted by Gasteiger charge is -2.11. The van der Waals surface area contributed by atoms with Gasteiger partial charge in [0.1, 0.15) is 5.01 Å². The predicted octanol–water partition coefficient (Wildman–Crippen LogP) is 5.06. The first-order valence-corrected chi connectivity index (χ1v) is 9.27. The average molecular weight is 378 g/mol. The molecule has 4 rings (SSSR count). The number of nitrogens with zero attached hydrogens (tertiary/aromatic N) is 2. The van der Waals surface area contributed by atoms with Gasteiger partial charge in [-0.3, -0.25) is 4.98 Å². The van der Waals surface area contributed by atoms with Crippen LogP contribution in [-0.2, 0) is 0 Å². The number of aryl methyl sites for hydroxylation is 1. The van der Waals surface area contributed by atoms with Crippen molar-refractivity contribution >= 4 is 22.2 Å². The van der Waals surface area contributed by atoms with Crippen molar-refractivity contribution < 1.29 is 14.6 Å². The van der Waals surface area contributed by atoms with Crippen LogP contribution in [0.1, 0.15) is 5.69 Å². The standard InChI is InChI=1S/C21H18N2O3S/c1-12-10-15(13-6-4-5-7-16(13)22-12)21-23-17(11-27-21)14-8-9-18(25-2)19(24)20(14)26-3/h4-11,24H,1-3H3. The van der Waals surface area contributed by atoms with Crippen molar-refractivity contribution in [2.45, 2.75) is 6.92 Å². The van der Waals surface area contributed by atoms with Crippen molar-refractivity contribution in [1.82, 2.24) is 9.97 Å². The van der Waals surface area contributed by atoms with Gasteiger partial charge in [-0.05, 0) is 31.2 Å². The van der Waals surface area contributed by atoms with Crippen LogP contribution in [0.4, 0.5) is 0 Å². The highest BCUT2D eigenvalue weighted by molar-refractivity contribution is 7.13. The molecule has 0 saturated carbocycles. The highest BCUT2D eigenvalue weighted by atomic mass is 32.1. The molecule has 0 aliphatic heterocycles. The first-order valence-electron chi connectivity index (χ1n) is 8.39. The molecular formula is C21H18N2O3S. The Morgan fingerprint density at radius 3 is 2.56 bits per heavy atom. The second kappa shape index (κ2) is 6.89. The van der Waals surface area contributed by atoms with Crippen LogP contribution in [0.5, 0.6) is 17.2 Å². The molecule has 0 aliphatic rings. The van der Waals surface area contributed by atoms with Crippen LogP contribution in [0, 0.1) is 6.92 Å². The molecule has 2 aromatic carbocycles. The maximum Gasteiger partial charge on any atom is 0.201 e. The molecule has 1 N–H and O–H groups in total. The fourth-order valence-corrected chi connectivity index (χ4v) is 3.98. The van der Waals surface area contributed by atoms with E-state index in [1.54, 1.807) is 17.4 Å². The second-order valence-electron chi connectivity index (χ2n) is 6.06. The van der Waals surface area contributed by atoms with E-state index in [9.17, 15) is 5.11 Å². The minimum absolute atomic E-state index is 0.0303. The normalized spacial score (nSPS) is 10.9. The van der Waals surface area contributed by atoms with Crippen molar-refractivity contribution in [1.29, 1.82) is 0 Å². The average Bonchev–Trinajstić information content (AvgIpc) is 3.16. The van der Waals surface area contributed by atoms with Crippen molar-refractivity contribution in [3.8, 4) is 39.1 Å². The van der Waals surface area contributed by atoms with Gasteiger partial charge in [0, 0.05) is 27.6 Å². The number of aromatic nitrogens is 2. The Labute approximate surface area is 160 Å². The Balaban J connectivity index is 1.86. The molecule has 0 bridgehead atoms. The van der Waals surface area contributed by atoms with E-state index in [4.69, 9.17) is 14.5 Å². The van der Waals surface area contributed by atoms with Crippen LogP contribution in [0.15, 0.2) is 47.8 Å². The van der Waals surface area contributed by atoms with Crippen LogP contribution in [0.3, 0.4) is 0 Å². The highest BCUT2D eigenvalue weighted by Crippen LogP contribution is 2.44. The summed E-state index contributed by atoms with van der Waals surface area (Å²) in [5.74, 6) is 0.682. The Morgan fingerprint density at radius 1 is 0.963 bits per heavy atom. The summed E-state index contributed by atoms with van der Waals surface area (Å²) in [4.78, 5) is 9.40. The number of hydrogen-bond donors (Lipinski definition) is 1. The summed E-state index contributed by atoms with van der Waals surface area (Å²) in [5, 5.41) is 14.3. The van der Waals surface area contributed by atoms with Gasteiger partial charge in [0.05, 0.1) is 25.4 Å². The Bertz CT molecular complexity index is 1140. The van der Waals surface area contributed by atoms with Gasteiger partial charge >= 0.3 is 0 Å². The summed E-state index contributed by atoms with van der Waals surface area (Å²) in [5.41, 5.74) is 4.40. The lowest BCUT2D eigenvalue weighted by Crippen LogP contribution is -1.92. The molecule has 0 spiro atoms. The van der Waals surface area contributed by atoms with E-state index in [2.05, 4.69) is 11.1 Å². The smallest absolute Gasteiger partial charge is 0.201 e. The number of methoxy groups -OCH3 is 2. The van der Waals surface area contributed by atoms with Gasteiger partial charge in [-0.2, -0.15) is 0 Å². The van der Waals surface area contributed by atoms with Crippen LogP contribution < -0.4 is 9.47 Å². The summed E-state index contributed by atoms with van der Waals surface area (Å²) in [6, 6.07) is 13.6. The number of benzene rings is 2. The van der Waals surface area contributed by atoms with Gasteiger partial charge in [0.2, 0.25) is 5.75 Å². The van der Waals surface area contributed by atoms with E-state index in [1.165, 1.54) is 14.2 Å². The molecule has 2 heterocycles.